The summed E-state index contributed by atoms with van der Waals surface area (Å²) in [6.07, 6.45) is 4.94. The van der Waals surface area contributed by atoms with Gasteiger partial charge in [0.1, 0.15) is 0 Å². The lowest BCUT2D eigenvalue weighted by Gasteiger charge is -2.23. The second-order valence-electron chi connectivity index (χ2n) is 3.57. The van der Waals surface area contributed by atoms with Crippen LogP contribution in [-0.2, 0) is 9.47 Å². The van der Waals surface area contributed by atoms with Gasteiger partial charge in [-0.3, -0.25) is 0 Å². The van der Waals surface area contributed by atoms with Crippen LogP contribution in [0.2, 0.25) is 0 Å². The van der Waals surface area contributed by atoms with Crippen LogP contribution < -0.4 is 5.32 Å². The van der Waals surface area contributed by atoms with E-state index in [0.29, 0.717) is 6.04 Å². The maximum Gasteiger partial charge on any atom is 0.0619 e. The highest BCUT2D eigenvalue weighted by molar-refractivity contribution is 4.71. The third kappa shape index (κ3) is 5.24. The highest BCUT2D eigenvalue weighted by Crippen LogP contribution is 2.06. The fourth-order valence-electron chi connectivity index (χ4n) is 1.60. The molecule has 0 aromatic carbocycles. The maximum atomic E-state index is 5.53. The summed E-state index contributed by atoms with van der Waals surface area (Å²) >= 11 is 0. The molecule has 1 aliphatic rings. The molecule has 1 saturated heterocycles. The van der Waals surface area contributed by atoms with Crippen LogP contribution in [0.25, 0.3) is 0 Å². The molecule has 0 radical (unpaired) electrons. The zero-order valence-corrected chi connectivity index (χ0v) is 8.55. The predicted octanol–water partition coefficient (Wildman–Crippen LogP) is 1.18. The van der Waals surface area contributed by atoms with Crippen molar-refractivity contribution in [3.05, 3.63) is 0 Å². The van der Waals surface area contributed by atoms with Crippen molar-refractivity contribution in [3.8, 4) is 0 Å². The molecule has 1 rings (SSSR count). The lowest BCUT2D eigenvalue weighted by atomic mass is 10.1. The average molecular weight is 187 g/mol. The Morgan fingerprint density at radius 2 is 2.23 bits per heavy atom. The van der Waals surface area contributed by atoms with Crippen molar-refractivity contribution in [3.63, 3.8) is 0 Å². The maximum absolute atomic E-state index is 5.53. The molecule has 1 N–H and O–H groups in total. The van der Waals surface area contributed by atoms with E-state index < -0.39 is 0 Å². The molecule has 1 aliphatic heterocycles. The van der Waals surface area contributed by atoms with E-state index in [1.54, 1.807) is 7.11 Å². The highest BCUT2D eigenvalue weighted by Gasteiger charge is 2.11. The van der Waals surface area contributed by atoms with E-state index in [-0.39, 0.29) is 0 Å². The Bertz CT molecular complexity index is 113. The molecule has 0 saturated carbocycles. The molecule has 3 nitrogen and oxygen atoms in total. The van der Waals surface area contributed by atoms with Crippen molar-refractivity contribution in [2.45, 2.75) is 31.7 Å². The predicted molar refractivity (Wildman–Crippen MR) is 53.0 cm³/mol. The molecule has 0 amide bonds. The van der Waals surface area contributed by atoms with Crippen molar-refractivity contribution in [2.75, 3.05) is 33.5 Å². The first-order valence-electron chi connectivity index (χ1n) is 5.23. The van der Waals surface area contributed by atoms with Gasteiger partial charge in [-0.05, 0) is 25.8 Å². The van der Waals surface area contributed by atoms with Crippen molar-refractivity contribution < 1.29 is 9.47 Å². The van der Waals surface area contributed by atoms with Crippen LogP contribution in [0.1, 0.15) is 25.7 Å². The third-order valence-corrected chi connectivity index (χ3v) is 2.37. The first kappa shape index (κ1) is 11.0. The van der Waals surface area contributed by atoms with Gasteiger partial charge < -0.3 is 14.8 Å². The first-order valence-corrected chi connectivity index (χ1v) is 5.23. The molecule has 0 aromatic heterocycles. The van der Waals surface area contributed by atoms with Gasteiger partial charge >= 0.3 is 0 Å². The van der Waals surface area contributed by atoms with Crippen LogP contribution in [0, 0.1) is 0 Å². The van der Waals surface area contributed by atoms with E-state index in [4.69, 9.17) is 9.47 Å². The molecule has 0 spiro atoms. The SMILES string of the molecule is COCCCOCC1CCCCN1. The zero-order valence-electron chi connectivity index (χ0n) is 8.55. The molecular formula is C10H21NO2. The Morgan fingerprint density at radius 1 is 1.31 bits per heavy atom. The van der Waals surface area contributed by atoms with Crippen molar-refractivity contribution in [1.82, 2.24) is 5.32 Å². The summed E-state index contributed by atoms with van der Waals surface area (Å²) in [5.41, 5.74) is 0. The van der Waals surface area contributed by atoms with Gasteiger partial charge in [-0.15, -0.1) is 0 Å². The van der Waals surface area contributed by atoms with Crippen LogP contribution >= 0.6 is 0 Å². The van der Waals surface area contributed by atoms with E-state index in [9.17, 15) is 0 Å². The quantitative estimate of drug-likeness (QED) is 0.633. The second kappa shape index (κ2) is 7.30. The lowest BCUT2D eigenvalue weighted by molar-refractivity contribution is 0.0820. The van der Waals surface area contributed by atoms with Gasteiger partial charge in [-0.2, -0.15) is 0 Å². The molecule has 0 bridgehead atoms. The molecule has 3 heteroatoms. The number of nitrogens with one attached hydrogen (secondary N) is 1. The topological polar surface area (TPSA) is 30.5 Å². The van der Waals surface area contributed by atoms with Crippen molar-refractivity contribution >= 4 is 0 Å². The number of piperidine rings is 1. The minimum absolute atomic E-state index is 0.594. The summed E-state index contributed by atoms with van der Waals surface area (Å²) < 4.78 is 10.5. The molecule has 0 aliphatic carbocycles. The zero-order chi connectivity index (χ0) is 9.36. The van der Waals surface area contributed by atoms with E-state index in [0.717, 1.165) is 32.8 Å². The molecule has 0 aromatic rings. The number of ether oxygens (including phenoxy) is 2. The van der Waals surface area contributed by atoms with E-state index in [2.05, 4.69) is 5.32 Å². The van der Waals surface area contributed by atoms with Gasteiger partial charge in [0.15, 0.2) is 0 Å². The Morgan fingerprint density at radius 3 is 2.92 bits per heavy atom. The van der Waals surface area contributed by atoms with Crippen LogP contribution in [0.15, 0.2) is 0 Å². The lowest BCUT2D eigenvalue weighted by Crippen LogP contribution is -2.37. The summed E-state index contributed by atoms with van der Waals surface area (Å²) in [7, 11) is 1.72. The summed E-state index contributed by atoms with van der Waals surface area (Å²) in [5, 5.41) is 3.45. The number of rotatable bonds is 6. The Labute approximate surface area is 80.8 Å². The van der Waals surface area contributed by atoms with Crippen LogP contribution in [0.4, 0.5) is 0 Å². The first-order chi connectivity index (χ1) is 6.43. The van der Waals surface area contributed by atoms with Gasteiger partial charge in [0.05, 0.1) is 6.61 Å². The monoisotopic (exact) mass is 187 g/mol. The van der Waals surface area contributed by atoms with Crippen LogP contribution in [0.3, 0.4) is 0 Å². The van der Waals surface area contributed by atoms with E-state index >= 15 is 0 Å². The second-order valence-corrected chi connectivity index (χ2v) is 3.57. The van der Waals surface area contributed by atoms with Gasteiger partial charge in [0.2, 0.25) is 0 Å². The Hall–Kier alpha value is -0.120. The normalized spacial score (nSPS) is 23.3. The molecule has 1 unspecified atom stereocenters. The van der Waals surface area contributed by atoms with Gasteiger partial charge in [0.25, 0.3) is 0 Å². The number of hydrogen-bond donors (Lipinski definition) is 1. The van der Waals surface area contributed by atoms with Crippen molar-refractivity contribution in [1.29, 1.82) is 0 Å². The van der Waals surface area contributed by atoms with Gasteiger partial charge in [-0.25, -0.2) is 0 Å². The molecule has 1 atom stereocenters. The standard InChI is InChI=1S/C10H21NO2/c1-12-7-4-8-13-9-10-5-2-3-6-11-10/h10-11H,2-9H2,1H3. The molecule has 1 heterocycles. The third-order valence-electron chi connectivity index (χ3n) is 2.37. The molecule has 78 valence electrons. The molecule has 13 heavy (non-hydrogen) atoms. The molecular weight excluding hydrogens is 166 g/mol. The fourth-order valence-corrected chi connectivity index (χ4v) is 1.60. The van der Waals surface area contributed by atoms with Crippen LogP contribution in [-0.4, -0.2) is 39.5 Å². The minimum atomic E-state index is 0.594. The summed E-state index contributed by atoms with van der Waals surface area (Å²) in [4.78, 5) is 0. The number of hydrogen-bond acceptors (Lipinski definition) is 3. The van der Waals surface area contributed by atoms with Crippen LogP contribution in [0.5, 0.6) is 0 Å². The number of methoxy groups -OCH3 is 1. The summed E-state index contributed by atoms with van der Waals surface area (Å²) in [6.45, 7) is 3.65. The average Bonchev–Trinajstić information content (AvgIpc) is 2.19. The largest absolute Gasteiger partial charge is 0.385 e. The highest BCUT2D eigenvalue weighted by atomic mass is 16.5. The van der Waals surface area contributed by atoms with Crippen molar-refractivity contribution in [2.24, 2.45) is 0 Å². The minimum Gasteiger partial charge on any atom is -0.385 e. The van der Waals surface area contributed by atoms with Gasteiger partial charge in [-0.1, -0.05) is 6.42 Å². The smallest absolute Gasteiger partial charge is 0.0619 e. The molecule has 1 fully saturated rings. The Kier molecular flexibility index (Phi) is 6.15. The Balaban J connectivity index is 1.86. The van der Waals surface area contributed by atoms with E-state index in [1.807, 2.05) is 0 Å². The van der Waals surface area contributed by atoms with Gasteiger partial charge in [0, 0.05) is 26.4 Å². The van der Waals surface area contributed by atoms with E-state index in [1.165, 1.54) is 19.3 Å². The summed E-state index contributed by atoms with van der Waals surface area (Å²) in [6, 6.07) is 0.594. The fraction of sp³-hybridized carbons (Fsp3) is 1.00. The summed E-state index contributed by atoms with van der Waals surface area (Å²) in [5.74, 6) is 0.